The zero-order chi connectivity index (χ0) is 13.0. The number of hydrogen-bond donors (Lipinski definition) is 2. The van der Waals surface area contributed by atoms with Crippen LogP contribution in [-0.2, 0) is 22.4 Å². The molecular weight excluding hydrogens is 250 g/mol. The van der Waals surface area contributed by atoms with Crippen molar-refractivity contribution in [2.24, 2.45) is 5.73 Å². The standard InChI is InChI=1S/C12H19N3O2S/c1-2-17-6-5-11(16)15-12-14-9-4-3-8(13)7-10(9)18-12/h8H,2-7,13H2,1H3,(H,14,15,16)/t8-/m0/s1. The molecule has 1 aliphatic carbocycles. The summed E-state index contributed by atoms with van der Waals surface area (Å²) >= 11 is 1.54. The summed E-state index contributed by atoms with van der Waals surface area (Å²) in [7, 11) is 0. The van der Waals surface area contributed by atoms with E-state index in [2.05, 4.69) is 10.3 Å². The fourth-order valence-electron chi connectivity index (χ4n) is 1.94. The molecule has 0 radical (unpaired) electrons. The van der Waals surface area contributed by atoms with Gasteiger partial charge in [0.15, 0.2) is 5.13 Å². The molecule has 0 spiro atoms. The highest BCUT2D eigenvalue weighted by Crippen LogP contribution is 2.29. The van der Waals surface area contributed by atoms with E-state index in [0.29, 0.717) is 24.8 Å². The quantitative estimate of drug-likeness (QED) is 0.790. The molecule has 1 heterocycles. The average molecular weight is 269 g/mol. The number of fused-ring (bicyclic) bond motifs is 1. The molecule has 1 aliphatic rings. The van der Waals surface area contributed by atoms with Gasteiger partial charge in [0.2, 0.25) is 5.91 Å². The molecule has 0 unspecified atom stereocenters. The van der Waals surface area contributed by atoms with E-state index in [9.17, 15) is 4.79 Å². The molecule has 1 aromatic heterocycles. The Morgan fingerprint density at radius 1 is 1.67 bits per heavy atom. The summed E-state index contributed by atoms with van der Waals surface area (Å²) in [4.78, 5) is 17.3. The molecule has 0 aromatic carbocycles. The molecule has 6 heteroatoms. The molecule has 0 fully saturated rings. The van der Waals surface area contributed by atoms with Gasteiger partial charge in [-0.15, -0.1) is 11.3 Å². The van der Waals surface area contributed by atoms with E-state index in [0.717, 1.165) is 25.0 Å². The Morgan fingerprint density at radius 3 is 3.28 bits per heavy atom. The summed E-state index contributed by atoms with van der Waals surface area (Å²) in [5.41, 5.74) is 7.02. The SMILES string of the molecule is CCOCCC(=O)Nc1nc2c(s1)C[C@@H](N)CC2. The van der Waals surface area contributed by atoms with Crippen LogP contribution in [0, 0.1) is 0 Å². The number of nitrogens with two attached hydrogens (primary N) is 1. The summed E-state index contributed by atoms with van der Waals surface area (Å²) in [6.07, 6.45) is 3.15. The van der Waals surface area contributed by atoms with E-state index in [-0.39, 0.29) is 11.9 Å². The van der Waals surface area contributed by atoms with Crippen LogP contribution in [0.4, 0.5) is 5.13 Å². The number of rotatable bonds is 5. The van der Waals surface area contributed by atoms with Crippen molar-refractivity contribution < 1.29 is 9.53 Å². The highest BCUT2D eigenvalue weighted by molar-refractivity contribution is 7.15. The fourth-order valence-corrected chi connectivity index (χ4v) is 3.06. The van der Waals surface area contributed by atoms with Gasteiger partial charge in [-0.05, 0) is 26.2 Å². The first-order chi connectivity index (χ1) is 8.69. The van der Waals surface area contributed by atoms with Crippen molar-refractivity contribution in [2.75, 3.05) is 18.5 Å². The molecule has 2 rings (SSSR count). The number of carbonyl (C=O) groups is 1. The third-order valence-corrected chi connectivity index (χ3v) is 3.94. The summed E-state index contributed by atoms with van der Waals surface area (Å²) in [6.45, 7) is 3.00. The van der Waals surface area contributed by atoms with Crippen molar-refractivity contribution >= 4 is 22.4 Å². The molecule has 1 aromatic rings. The fraction of sp³-hybridized carbons (Fsp3) is 0.667. The number of thiazole rings is 1. The molecule has 0 saturated carbocycles. The minimum atomic E-state index is -0.0427. The van der Waals surface area contributed by atoms with E-state index in [1.54, 1.807) is 11.3 Å². The van der Waals surface area contributed by atoms with Crippen LogP contribution >= 0.6 is 11.3 Å². The van der Waals surface area contributed by atoms with Crippen LogP contribution in [0.15, 0.2) is 0 Å². The molecule has 1 amide bonds. The van der Waals surface area contributed by atoms with Crippen LogP contribution in [0.2, 0.25) is 0 Å². The highest BCUT2D eigenvalue weighted by Gasteiger charge is 2.20. The second-order valence-corrected chi connectivity index (χ2v) is 5.47. The minimum Gasteiger partial charge on any atom is -0.381 e. The molecule has 1 atom stereocenters. The summed E-state index contributed by atoms with van der Waals surface area (Å²) in [6, 6.07) is 0.236. The molecular formula is C12H19N3O2S. The van der Waals surface area contributed by atoms with Crippen LogP contribution < -0.4 is 11.1 Å². The van der Waals surface area contributed by atoms with Crippen LogP contribution in [0.3, 0.4) is 0 Å². The van der Waals surface area contributed by atoms with E-state index in [4.69, 9.17) is 10.5 Å². The Hall–Kier alpha value is -0.980. The van der Waals surface area contributed by atoms with Crippen molar-refractivity contribution in [2.45, 2.75) is 38.6 Å². The van der Waals surface area contributed by atoms with Crippen molar-refractivity contribution in [1.29, 1.82) is 0 Å². The summed E-state index contributed by atoms with van der Waals surface area (Å²) in [5, 5.41) is 3.51. The lowest BCUT2D eigenvalue weighted by atomic mass is 9.99. The molecule has 100 valence electrons. The predicted molar refractivity (Wildman–Crippen MR) is 71.9 cm³/mol. The number of aryl methyl sites for hydroxylation is 1. The Kier molecular flexibility index (Phi) is 4.68. The lowest BCUT2D eigenvalue weighted by Gasteiger charge is -2.15. The number of aromatic nitrogens is 1. The number of nitrogens with zero attached hydrogens (tertiary/aromatic N) is 1. The second kappa shape index (κ2) is 6.26. The van der Waals surface area contributed by atoms with Crippen LogP contribution in [0.5, 0.6) is 0 Å². The summed E-state index contributed by atoms with van der Waals surface area (Å²) < 4.78 is 5.14. The molecule has 5 nitrogen and oxygen atoms in total. The predicted octanol–water partition coefficient (Wildman–Crippen LogP) is 1.32. The number of hydrogen-bond acceptors (Lipinski definition) is 5. The average Bonchev–Trinajstić information content (AvgIpc) is 2.70. The highest BCUT2D eigenvalue weighted by atomic mass is 32.1. The zero-order valence-electron chi connectivity index (χ0n) is 10.6. The number of anilines is 1. The maximum atomic E-state index is 11.6. The maximum absolute atomic E-state index is 11.6. The van der Waals surface area contributed by atoms with Gasteiger partial charge in [-0.25, -0.2) is 4.98 Å². The van der Waals surface area contributed by atoms with Crippen molar-refractivity contribution in [3.05, 3.63) is 10.6 Å². The first-order valence-electron chi connectivity index (χ1n) is 6.30. The minimum absolute atomic E-state index is 0.0427. The normalized spacial score (nSPS) is 18.4. The Balaban J connectivity index is 1.88. The molecule has 0 saturated heterocycles. The lowest BCUT2D eigenvalue weighted by molar-refractivity contribution is -0.117. The van der Waals surface area contributed by atoms with Gasteiger partial charge in [0, 0.05) is 17.5 Å². The third-order valence-electron chi connectivity index (χ3n) is 2.90. The van der Waals surface area contributed by atoms with E-state index >= 15 is 0 Å². The van der Waals surface area contributed by atoms with Gasteiger partial charge in [0.25, 0.3) is 0 Å². The van der Waals surface area contributed by atoms with Gasteiger partial charge in [-0.3, -0.25) is 4.79 Å². The summed E-state index contributed by atoms with van der Waals surface area (Å²) in [5.74, 6) is -0.0427. The first kappa shape index (κ1) is 13.5. The largest absolute Gasteiger partial charge is 0.381 e. The van der Waals surface area contributed by atoms with Crippen molar-refractivity contribution in [1.82, 2.24) is 4.98 Å². The van der Waals surface area contributed by atoms with Gasteiger partial charge in [0.05, 0.1) is 18.7 Å². The number of amides is 1. The van der Waals surface area contributed by atoms with Gasteiger partial charge in [0.1, 0.15) is 0 Å². The topological polar surface area (TPSA) is 77.2 Å². The molecule has 18 heavy (non-hydrogen) atoms. The number of nitrogens with one attached hydrogen (secondary N) is 1. The Labute approximate surface area is 111 Å². The molecule has 3 N–H and O–H groups in total. The monoisotopic (exact) mass is 269 g/mol. The van der Waals surface area contributed by atoms with Gasteiger partial charge < -0.3 is 15.8 Å². The van der Waals surface area contributed by atoms with E-state index < -0.39 is 0 Å². The van der Waals surface area contributed by atoms with Gasteiger partial charge >= 0.3 is 0 Å². The lowest BCUT2D eigenvalue weighted by Crippen LogP contribution is -2.27. The smallest absolute Gasteiger partial charge is 0.228 e. The molecule has 0 bridgehead atoms. The van der Waals surface area contributed by atoms with Crippen molar-refractivity contribution in [3.63, 3.8) is 0 Å². The van der Waals surface area contributed by atoms with Crippen molar-refractivity contribution in [3.8, 4) is 0 Å². The van der Waals surface area contributed by atoms with Crippen LogP contribution in [-0.4, -0.2) is 30.1 Å². The van der Waals surface area contributed by atoms with E-state index in [1.807, 2.05) is 6.92 Å². The van der Waals surface area contributed by atoms with E-state index in [1.165, 1.54) is 4.88 Å². The molecule has 0 aliphatic heterocycles. The third kappa shape index (κ3) is 3.51. The van der Waals surface area contributed by atoms with Crippen LogP contribution in [0.25, 0.3) is 0 Å². The van der Waals surface area contributed by atoms with Gasteiger partial charge in [-0.2, -0.15) is 0 Å². The van der Waals surface area contributed by atoms with Crippen LogP contribution in [0.1, 0.15) is 30.3 Å². The second-order valence-electron chi connectivity index (χ2n) is 4.39. The Morgan fingerprint density at radius 2 is 2.50 bits per heavy atom. The number of ether oxygens (including phenoxy) is 1. The Bertz CT molecular complexity index is 419. The maximum Gasteiger partial charge on any atom is 0.228 e. The van der Waals surface area contributed by atoms with Gasteiger partial charge in [-0.1, -0.05) is 0 Å². The first-order valence-corrected chi connectivity index (χ1v) is 7.12. The number of carbonyl (C=O) groups excluding carboxylic acids is 1. The zero-order valence-corrected chi connectivity index (χ0v) is 11.4.